The number of nitrogens with one attached hydrogen (secondary N) is 1. The molecular weight excluding hydrogens is 220 g/mol. The third-order valence-electron chi connectivity index (χ3n) is 3.70. The highest BCUT2D eigenvalue weighted by molar-refractivity contribution is 7.07. The van der Waals surface area contributed by atoms with Crippen molar-refractivity contribution in [1.82, 2.24) is 10.2 Å². The Morgan fingerprint density at radius 2 is 2.50 bits per heavy atom. The Hall–Kier alpha value is -0.870. The first kappa shape index (κ1) is 10.3. The second-order valence-corrected chi connectivity index (χ2v) is 5.45. The maximum atomic E-state index is 12.2. The van der Waals surface area contributed by atoms with E-state index in [9.17, 15) is 4.79 Å². The van der Waals surface area contributed by atoms with Crippen molar-refractivity contribution < 1.29 is 4.79 Å². The van der Waals surface area contributed by atoms with Crippen LogP contribution in [-0.2, 0) is 11.2 Å². The first-order valence-electron chi connectivity index (χ1n) is 5.86. The van der Waals surface area contributed by atoms with E-state index < -0.39 is 0 Å². The Balaban J connectivity index is 1.67. The van der Waals surface area contributed by atoms with Gasteiger partial charge in [0.05, 0.1) is 6.42 Å². The first-order valence-corrected chi connectivity index (χ1v) is 6.80. The minimum Gasteiger partial charge on any atom is -0.338 e. The van der Waals surface area contributed by atoms with Gasteiger partial charge in [0.25, 0.3) is 0 Å². The van der Waals surface area contributed by atoms with Crippen LogP contribution in [0.25, 0.3) is 0 Å². The molecule has 2 saturated heterocycles. The Kier molecular flexibility index (Phi) is 2.69. The molecule has 1 aromatic heterocycles. The maximum absolute atomic E-state index is 12.2. The van der Waals surface area contributed by atoms with Crippen LogP contribution >= 0.6 is 11.3 Å². The van der Waals surface area contributed by atoms with Gasteiger partial charge >= 0.3 is 0 Å². The van der Waals surface area contributed by atoms with E-state index in [1.54, 1.807) is 11.3 Å². The van der Waals surface area contributed by atoms with Crippen LogP contribution in [0.2, 0.25) is 0 Å². The van der Waals surface area contributed by atoms with Crippen LogP contribution in [0.1, 0.15) is 12.0 Å². The summed E-state index contributed by atoms with van der Waals surface area (Å²) in [4.78, 5) is 14.2. The van der Waals surface area contributed by atoms with Crippen molar-refractivity contribution in [2.75, 3.05) is 19.6 Å². The third kappa shape index (κ3) is 1.76. The van der Waals surface area contributed by atoms with Crippen molar-refractivity contribution in [2.24, 2.45) is 5.92 Å². The number of fused-ring (bicyclic) bond motifs is 1. The van der Waals surface area contributed by atoms with Gasteiger partial charge in [0.1, 0.15) is 0 Å². The van der Waals surface area contributed by atoms with Crippen molar-refractivity contribution in [3.63, 3.8) is 0 Å². The fraction of sp³-hybridized carbons (Fsp3) is 0.583. The average molecular weight is 236 g/mol. The Bertz CT molecular complexity index is 376. The summed E-state index contributed by atoms with van der Waals surface area (Å²) in [5, 5.41) is 7.48. The van der Waals surface area contributed by atoms with Gasteiger partial charge in [0.15, 0.2) is 0 Å². The smallest absolute Gasteiger partial charge is 0.227 e. The second kappa shape index (κ2) is 4.18. The molecular formula is C12H16N2OS. The molecule has 0 aromatic carbocycles. The zero-order valence-electron chi connectivity index (χ0n) is 9.19. The molecule has 2 aliphatic heterocycles. The fourth-order valence-electron chi connectivity index (χ4n) is 2.83. The van der Waals surface area contributed by atoms with Gasteiger partial charge < -0.3 is 10.2 Å². The maximum Gasteiger partial charge on any atom is 0.227 e. The van der Waals surface area contributed by atoms with Gasteiger partial charge in [-0.1, -0.05) is 0 Å². The molecule has 0 spiro atoms. The summed E-state index contributed by atoms with van der Waals surface area (Å²) in [5.74, 6) is 1.00. The summed E-state index contributed by atoms with van der Waals surface area (Å²) in [6, 6.07) is 2.51. The number of nitrogens with zero attached hydrogens (tertiary/aromatic N) is 1. The summed E-state index contributed by atoms with van der Waals surface area (Å²) in [6.45, 7) is 3.03. The first-order chi connectivity index (χ1) is 7.84. The van der Waals surface area contributed by atoms with Crippen LogP contribution in [0.15, 0.2) is 16.8 Å². The largest absolute Gasteiger partial charge is 0.338 e. The van der Waals surface area contributed by atoms with E-state index in [1.807, 2.05) is 11.4 Å². The van der Waals surface area contributed by atoms with Crippen molar-refractivity contribution in [2.45, 2.75) is 18.9 Å². The molecule has 16 heavy (non-hydrogen) atoms. The van der Waals surface area contributed by atoms with Gasteiger partial charge in [-0.15, -0.1) is 0 Å². The van der Waals surface area contributed by atoms with E-state index in [-0.39, 0.29) is 0 Å². The highest BCUT2D eigenvalue weighted by Gasteiger charge is 2.39. The minimum atomic E-state index is 0.301. The van der Waals surface area contributed by atoms with Crippen molar-refractivity contribution in [3.8, 4) is 0 Å². The molecule has 0 unspecified atom stereocenters. The lowest BCUT2D eigenvalue weighted by atomic mass is 10.1. The van der Waals surface area contributed by atoms with E-state index in [1.165, 1.54) is 6.42 Å². The molecule has 2 aliphatic rings. The molecule has 3 heterocycles. The monoisotopic (exact) mass is 236 g/mol. The Morgan fingerprint density at radius 1 is 1.56 bits per heavy atom. The lowest BCUT2D eigenvalue weighted by molar-refractivity contribution is -0.131. The molecule has 1 N–H and O–H groups in total. The lowest BCUT2D eigenvalue weighted by Gasteiger charge is -2.23. The standard InChI is InChI=1S/C12H16N2OS/c15-12(5-9-2-4-16-8-9)14-3-1-10-6-13-7-11(10)14/h2,4,8,10-11,13H,1,3,5-7H2/t10-,11+/m0/s1. The predicted molar refractivity (Wildman–Crippen MR) is 64.5 cm³/mol. The van der Waals surface area contributed by atoms with Gasteiger partial charge in [-0.2, -0.15) is 11.3 Å². The van der Waals surface area contributed by atoms with E-state index in [0.29, 0.717) is 24.3 Å². The van der Waals surface area contributed by atoms with Crippen molar-refractivity contribution in [3.05, 3.63) is 22.4 Å². The molecule has 2 fully saturated rings. The zero-order valence-corrected chi connectivity index (χ0v) is 10.0. The number of carbonyl (C=O) groups excluding carboxylic acids is 1. The van der Waals surface area contributed by atoms with Crippen LogP contribution in [0.4, 0.5) is 0 Å². The fourth-order valence-corrected chi connectivity index (χ4v) is 3.50. The molecule has 0 bridgehead atoms. The summed E-state index contributed by atoms with van der Waals surface area (Å²) in [6.07, 6.45) is 1.75. The van der Waals surface area contributed by atoms with Crippen molar-refractivity contribution >= 4 is 17.2 Å². The van der Waals surface area contributed by atoms with Crippen LogP contribution in [0.5, 0.6) is 0 Å². The summed E-state index contributed by atoms with van der Waals surface area (Å²) < 4.78 is 0. The third-order valence-corrected chi connectivity index (χ3v) is 4.43. The molecule has 3 nitrogen and oxygen atoms in total. The highest BCUT2D eigenvalue weighted by atomic mass is 32.1. The Labute approximate surface area is 99.5 Å². The van der Waals surface area contributed by atoms with Gasteiger partial charge in [0.2, 0.25) is 5.91 Å². The van der Waals surface area contributed by atoms with Gasteiger partial charge in [-0.25, -0.2) is 0 Å². The molecule has 1 amide bonds. The van der Waals surface area contributed by atoms with Crippen molar-refractivity contribution in [1.29, 1.82) is 0 Å². The van der Waals surface area contributed by atoms with E-state index in [4.69, 9.17) is 0 Å². The number of likely N-dealkylation sites (tertiary alicyclic amines) is 1. The summed E-state index contributed by atoms with van der Waals surface area (Å²) >= 11 is 1.66. The van der Waals surface area contributed by atoms with Crippen LogP contribution in [0.3, 0.4) is 0 Å². The van der Waals surface area contributed by atoms with Gasteiger partial charge in [0, 0.05) is 25.7 Å². The van der Waals surface area contributed by atoms with E-state index >= 15 is 0 Å². The predicted octanol–water partition coefficient (Wildman–Crippen LogP) is 1.11. The van der Waals surface area contributed by atoms with E-state index in [0.717, 1.165) is 25.2 Å². The number of amides is 1. The minimum absolute atomic E-state index is 0.301. The molecule has 86 valence electrons. The normalized spacial score (nSPS) is 28.4. The summed E-state index contributed by atoms with van der Waals surface area (Å²) in [7, 11) is 0. The van der Waals surface area contributed by atoms with Crippen LogP contribution in [-0.4, -0.2) is 36.5 Å². The number of thiophene rings is 1. The molecule has 0 aliphatic carbocycles. The second-order valence-electron chi connectivity index (χ2n) is 4.67. The van der Waals surface area contributed by atoms with Gasteiger partial charge in [-0.05, 0) is 34.7 Å². The lowest BCUT2D eigenvalue weighted by Crippen LogP contribution is -2.39. The molecule has 1 aromatic rings. The number of carbonyl (C=O) groups is 1. The SMILES string of the molecule is O=C(Cc1ccsc1)N1CC[C@H]2CNC[C@H]21. The highest BCUT2D eigenvalue weighted by Crippen LogP contribution is 2.27. The average Bonchev–Trinajstić information content (AvgIpc) is 2.92. The van der Waals surface area contributed by atoms with E-state index in [2.05, 4.69) is 15.6 Å². The molecule has 0 radical (unpaired) electrons. The Morgan fingerprint density at radius 3 is 3.31 bits per heavy atom. The van der Waals surface area contributed by atoms with Crippen LogP contribution in [0, 0.1) is 5.92 Å². The van der Waals surface area contributed by atoms with Gasteiger partial charge in [-0.3, -0.25) is 4.79 Å². The number of hydrogen-bond donors (Lipinski definition) is 1. The zero-order chi connectivity index (χ0) is 11.0. The molecule has 2 atom stereocenters. The number of rotatable bonds is 2. The number of hydrogen-bond acceptors (Lipinski definition) is 3. The van der Waals surface area contributed by atoms with Crippen LogP contribution < -0.4 is 5.32 Å². The molecule has 4 heteroatoms. The molecule has 0 saturated carbocycles. The quantitative estimate of drug-likeness (QED) is 0.834. The summed E-state index contributed by atoms with van der Waals surface area (Å²) in [5.41, 5.74) is 1.16. The molecule has 3 rings (SSSR count). The topological polar surface area (TPSA) is 32.3 Å².